The molecule has 0 bridgehead atoms. The number of hydrogen-bond donors (Lipinski definition) is 1. The first-order valence-electron chi connectivity index (χ1n) is 4.91. The highest BCUT2D eigenvalue weighted by Crippen LogP contribution is 2.10. The molecule has 1 aromatic rings. The van der Waals surface area contributed by atoms with Gasteiger partial charge in [0, 0.05) is 25.6 Å². The average Bonchev–Trinajstić information content (AvgIpc) is 2.36. The van der Waals surface area contributed by atoms with E-state index in [1.165, 1.54) is 11.5 Å². The van der Waals surface area contributed by atoms with Crippen molar-refractivity contribution in [3.05, 3.63) is 17.2 Å². The van der Waals surface area contributed by atoms with Gasteiger partial charge in [0.1, 0.15) is 5.82 Å². The molecule has 3 nitrogen and oxygen atoms in total. The summed E-state index contributed by atoms with van der Waals surface area (Å²) < 4.78 is 2.18. The molecule has 74 valence electrons. The molecule has 0 spiro atoms. The lowest BCUT2D eigenvalue weighted by atomic mass is 10.2. The van der Waals surface area contributed by atoms with Crippen molar-refractivity contribution in [2.24, 2.45) is 12.8 Å². The van der Waals surface area contributed by atoms with Crippen molar-refractivity contribution in [3.63, 3.8) is 0 Å². The van der Waals surface area contributed by atoms with E-state index in [9.17, 15) is 0 Å². The number of nitrogens with zero attached hydrogens (tertiary/aromatic N) is 2. The summed E-state index contributed by atoms with van der Waals surface area (Å²) in [5.41, 5.74) is 7.93. The number of nitrogens with two attached hydrogens (primary N) is 1. The van der Waals surface area contributed by atoms with Gasteiger partial charge in [0.2, 0.25) is 0 Å². The topological polar surface area (TPSA) is 43.8 Å². The summed E-state index contributed by atoms with van der Waals surface area (Å²) in [6, 6.07) is 0. The van der Waals surface area contributed by atoms with Gasteiger partial charge in [-0.2, -0.15) is 0 Å². The molecule has 0 saturated carbocycles. The Morgan fingerprint density at radius 2 is 2.08 bits per heavy atom. The molecule has 0 aliphatic rings. The smallest absolute Gasteiger partial charge is 0.108 e. The van der Waals surface area contributed by atoms with Crippen LogP contribution in [0.5, 0.6) is 0 Å². The maximum atomic E-state index is 5.51. The van der Waals surface area contributed by atoms with Crippen LogP contribution in [0.2, 0.25) is 0 Å². The molecule has 1 rings (SSSR count). The summed E-state index contributed by atoms with van der Waals surface area (Å²) in [4.78, 5) is 4.57. The highest BCUT2D eigenvalue weighted by molar-refractivity contribution is 5.16. The van der Waals surface area contributed by atoms with Crippen LogP contribution in [0.1, 0.15) is 30.6 Å². The van der Waals surface area contributed by atoms with Crippen LogP contribution in [0, 0.1) is 6.92 Å². The minimum atomic E-state index is 0.684. The third-order valence-corrected chi connectivity index (χ3v) is 2.43. The number of hydrogen-bond acceptors (Lipinski definition) is 2. The molecule has 0 aromatic carbocycles. The maximum absolute atomic E-state index is 5.51. The molecule has 0 atom stereocenters. The summed E-state index contributed by atoms with van der Waals surface area (Å²) >= 11 is 0. The quantitative estimate of drug-likeness (QED) is 0.758. The molecule has 0 unspecified atom stereocenters. The predicted molar refractivity (Wildman–Crippen MR) is 54.7 cm³/mol. The van der Waals surface area contributed by atoms with E-state index in [-0.39, 0.29) is 0 Å². The maximum Gasteiger partial charge on any atom is 0.108 e. The number of aryl methyl sites for hydroxylation is 1. The molecule has 0 saturated heterocycles. The predicted octanol–water partition coefficient (Wildman–Crippen LogP) is 1.18. The number of aromatic nitrogens is 2. The van der Waals surface area contributed by atoms with Crippen LogP contribution in [0.4, 0.5) is 0 Å². The molecule has 1 heterocycles. The number of imidazole rings is 1. The summed E-state index contributed by atoms with van der Waals surface area (Å²) in [5, 5.41) is 0. The fourth-order valence-corrected chi connectivity index (χ4v) is 1.52. The SMILES string of the molecule is CCCc1nc(CCN)c(C)n1C. The van der Waals surface area contributed by atoms with Gasteiger partial charge in [-0.15, -0.1) is 0 Å². The van der Waals surface area contributed by atoms with E-state index in [0.29, 0.717) is 6.54 Å². The second-order valence-corrected chi connectivity index (χ2v) is 3.41. The molecule has 0 fully saturated rings. The van der Waals surface area contributed by atoms with Crippen molar-refractivity contribution in [1.29, 1.82) is 0 Å². The lowest BCUT2D eigenvalue weighted by Gasteiger charge is -2.00. The second kappa shape index (κ2) is 4.42. The van der Waals surface area contributed by atoms with Crippen LogP contribution in [0.3, 0.4) is 0 Å². The lowest BCUT2D eigenvalue weighted by Crippen LogP contribution is -2.04. The lowest BCUT2D eigenvalue weighted by molar-refractivity contribution is 0.745. The molecule has 0 aliphatic heterocycles. The van der Waals surface area contributed by atoms with Gasteiger partial charge in [-0.3, -0.25) is 0 Å². The Kier molecular flexibility index (Phi) is 3.48. The van der Waals surface area contributed by atoms with Crippen LogP contribution in [0.15, 0.2) is 0 Å². The Morgan fingerprint density at radius 1 is 1.38 bits per heavy atom. The van der Waals surface area contributed by atoms with Crippen molar-refractivity contribution >= 4 is 0 Å². The first-order valence-corrected chi connectivity index (χ1v) is 4.91. The Morgan fingerprint density at radius 3 is 2.62 bits per heavy atom. The van der Waals surface area contributed by atoms with Crippen LogP contribution >= 0.6 is 0 Å². The standard InChI is InChI=1S/C10H19N3/c1-4-5-10-12-9(6-7-11)8(2)13(10)3/h4-7,11H2,1-3H3. The van der Waals surface area contributed by atoms with Gasteiger partial charge in [-0.05, 0) is 19.9 Å². The molecule has 13 heavy (non-hydrogen) atoms. The van der Waals surface area contributed by atoms with Crippen molar-refractivity contribution < 1.29 is 0 Å². The van der Waals surface area contributed by atoms with E-state index in [2.05, 4.69) is 30.4 Å². The normalized spacial score (nSPS) is 10.8. The number of rotatable bonds is 4. The van der Waals surface area contributed by atoms with Crippen LogP contribution < -0.4 is 5.73 Å². The average molecular weight is 181 g/mol. The summed E-state index contributed by atoms with van der Waals surface area (Å²) in [6.07, 6.45) is 3.09. The Balaban J connectivity index is 2.90. The fraction of sp³-hybridized carbons (Fsp3) is 0.700. The molecule has 3 heteroatoms. The zero-order chi connectivity index (χ0) is 9.84. The first-order chi connectivity index (χ1) is 6.20. The van der Waals surface area contributed by atoms with E-state index in [4.69, 9.17) is 5.73 Å². The van der Waals surface area contributed by atoms with Gasteiger partial charge in [0.25, 0.3) is 0 Å². The van der Waals surface area contributed by atoms with E-state index >= 15 is 0 Å². The third kappa shape index (κ3) is 2.10. The van der Waals surface area contributed by atoms with Crippen LogP contribution in [-0.4, -0.2) is 16.1 Å². The second-order valence-electron chi connectivity index (χ2n) is 3.41. The summed E-state index contributed by atoms with van der Waals surface area (Å²) in [5.74, 6) is 1.18. The van der Waals surface area contributed by atoms with Crippen LogP contribution in [0.25, 0.3) is 0 Å². The highest BCUT2D eigenvalue weighted by Gasteiger charge is 2.08. The van der Waals surface area contributed by atoms with Crippen molar-refractivity contribution in [1.82, 2.24) is 9.55 Å². The zero-order valence-electron chi connectivity index (χ0n) is 8.80. The van der Waals surface area contributed by atoms with E-state index in [1.807, 2.05) is 0 Å². The van der Waals surface area contributed by atoms with Crippen molar-refractivity contribution in [3.8, 4) is 0 Å². The highest BCUT2D eigenvalue weighted by atomic mass is 15.1. The Hall–Kier alpha value is -0.830. The van der Waals surface area contributed by atoms with Crippen LogP contribution in [-0.2, 0) is 19.9 Å². The zero-order valence-corrected chi connectivity index (χ0v) is 8.80. The van der Waals surface area contributed by atoms with E-state index in [1.54, 1.807) is 0 Å². The Bertz CT molecular complexity index is 249. The van der Waals surface area contributed by atoms with Gasteiger partial charge in [-0.25, -0.2) is 4.98 Å². The third-order valence-electron chi connectivity index (χ3n) is 2.43. The van der Waals surface area contributed by atoms with Gasteiger partial charge < -0.3 is 10.3 Å². The molecule has 0 amide bonds. The van der Waals surface area contributed by atoms with Crippen molar-refractivity contribution in [2.45, 2.75) is 33.1 Å². The first kappa shape index (κ1) is 10.3. The Labute approximate surface area is 80.0 Å². The van der Waals surface area contributed by atoms with Gasteiger partial charge in [-0.1, -0.05) is 6.92 Å². The van der Waals surface area contributed by atoms with Gasteiger partial charge in [0.05, 0.1) is 5.69 Å². The van der Waals surface area contributed by atoms with Gasteiger partial charge in [0.15, 0.2) is 0 Å². The monoisotopic (exact) mass is 181 g/mol. The minimum Gasteiger partial charge on any atom is -0.335 e. The van der Waals surface area contributed by atoms with E-state index < -0.39 is 0 Å². The van der Waals surface area contributed by atoms with Crippen molar-refractivity contribution in [2.75, 3.05) is 6.54 Å². The molecular formula is C10H19N3. The minimum absolute atomic E-state index is 0.684. The summed E-state index contributed by atoms with van der Waals surface area (Å²) in [6.45, 7) is 4.97. The fourth-order valence-electron chi connectivity index (χ4n) is 1.52. The molecule has 0 aliphatic carbocycles. The summed E-state index contributed by atoms with van der Waals surface area (Å²) in [7, 11) is 2.08. The molecule has 1 aromatic heterocycles. The molecule has 2 N–H and O–H groups in total. The largest absolute Gasteiger partial charge is 0.335 e. The van der Waals surface area contributed by atoms with E-state index in [0.717, 1.165) is 25.0 Å². The van der Waals surface area contributed by atoms with Gasteiger partial charge >= 0.3 is 0 Å². The molecule has 0 radical (unpaired) electrons. The molecular weight excluding hydrogens is 162 g/mol.